The highest BCUT2D eigenvalue weighted by Gasteiger charge is 2.39. The zero-order chi connectivity index (χ0) is 31.9. The summed E-state index contributed by atoms with van der Waals surface area (Å²) in [5, 5.41) is 14.9. The average molecular weight is 637 g/mol. The molecule has 15 heteroatoms. The number of rotatable bonds is 7. The number of aromatic nitrogens is 5. The van der Waals surface area contributed by atoms with Crippen LogP contribution in [0.2, 0.25) is 5.02 Å². The van der Waals surface area contributed by atoms with Crippen LogP contribution in [0.5, 0.6) is 0 Å². The van der Waals surface area contributed by atoms with E-state index in [2.05, 4.69) is 20.7 Å². The standard InChI is InChI=1S/C30H24ClF3N8O3/c1-39-14-19-12-21(8-9-22(19)37-39)35-29(45)25(11-18-5-3-2-4-6-18)41-17-27(43)40(16-28(41)44)24-13-20(31)7-10-23(24)42-15-26(36-38-42)30(32,33)34/h2-10,12-15,25H,11,16-17H2,1H3,(H,35,45). The minimum Gasteiger partial charge on any atom is -0.324 e. The zero-order valence-electron chi connectivity index (χ0n) is 23.6. The van der Waals surface area contributed by atoms with E-state index >= 15 is 0 Å². The number of piperazine rings is 1. The van der Waals surface area contributed by atoms with Gasteiger partial charge in [0.1, 0.15) is 19.1 Å². The molecule has 0 aliphatic carbocycles. The largest absolute Gasteiger partial charge is 0.436 e. The summed E-state index contributed by atoms with van der Waals surface area (Å²) >= 11 is 6.19. The number of nitrogens with one attached hydrogen (secondary N) is 1. The van der Waals surface area contributed by atoms with Crippen molar-refractivity contribution in [1.29, 1.82) is 0 Å². The number of nitrogens with zero attached hydrogens (tertiary/aromatic N) is 7. The molecule has 1 aliphatic rings. The first-order valence-electron chi connectivity index (χ1n) is 13.6. The molecule has 6 rings (SSSR count). The molecule has 3 amide bonds. The maximum atomic E-state index is 13.7. The zero-order valence-corrected chi connectivity index (χ0v) is 24.3. The van der Waals surface area contributed by atoms with E-state index in [-0.39, 0.29) is 22.8 Å². The topological polar surface area (TPSA) is 118 Å². The third-order valence-electron chi connectivity index (χ3n) is 7.32. The van der Waals surface area contributed by atoms with Gasteiger partial charge in [-0.3, -0.25) is 24.0 Å². The minimum absolute atomic E-state index is 0.0568. The summed E-state index contributed by atoms with van der Waals surface area (Å²) in [6, 6.07) is 17.4. The van der Waals surface area contributed by atoms with Gasteiger partial charge in [-0.2, -0.15) is 18.3 Å². The van der Waals surface area contributed by atoms with Crippen LogP contribution < -0.4 is 10.2 Å². The highest BCUT2D eigenvalue weighted by atomic mass is 35.5. The second-order valence-electron chi connectivity index (χ2n) is 10.5. The van der Waals surface area contributed by atoms with Crippen LogP contribution in [0, 0.1) is 0 Å². The van der Waals surface area contributed by atoms with Crippen molar-refractivity contribution in [2.75, 3.05) is 23.3 Å². The van der Waals surface area contributed by atoms with E-state index in [1.807, 2.05) is 18.2 Å². The Hall–Kier alpha value is -5.24. The smallest absolute Gasteiger partial charge is 0.324 e. The molecule has 1 N–H and O–H groups in total. The monoisotopic (exact) mass is 636 g/mol. The van der Waals surface area contributed by atoms with Gasteiger partial charge in [-0.05, 0) is 42.0 Å². The lowest BCUT2D eigenvalue weighted by Crippen LogP contribution is -2.60. The normalized spacial score (nSPS) is 14.7. The first kappa shape index (κ1) is 29.8. The molecule has 0 saturated carbocycles. The van der Waals surface area contributed by atoms with Crippen LogP contribution in [0.3, 0.4) is 0 Å². The van der Waals surface area contributed by atoms with Crippen molar-refractivity contribution in [2.45, 2.75) is 18.6 Å². The van der Waals surface area contributed by atoms with Gasteiger partial charge in [0.15, 0.2) is 5.69 Å². The number of fused-ring (bicyclic) bond motifs is 1. The van der Waals surface area contributed by atoms with Crippen LogP contribution >= 0.6 is 11.6 Å². The van der Waals surface area contributed by atoms with Gasteiger partial charge < -0.3 is 10.2 Å². The Bertz CT molecular complexity index is 1920. The quantitative estimate of drug-likeness (QED) is 0.285. The molecule has 1 fully saturated rings. The molecule has 11 nitrogen and oxygen atoms in total. The summed E-state index contributed by atoms with van der Waals surface area (Å²) in [4.78, 5) is 43.4. The number of halogens is 4. The number of amides is 3. The molecule has 1 atom stereocenters. The number of hydrogen-bond acceptors (Lipinski definition) is 6. The number of benzene rings is 3. The second-order valence-corrected chi connectivity index (χ2v) is 10.9. The van der Waals surface area contributed by atoms with Crippen LogP contribution in [-0.2, 0) is 34.0 Å². The molecule has 1 saturated heterocycles. The van der Waals surface area contributed by atoms with Gasteiger partial charge in [-0.15, -0.1) is 5.10 Å². The first-order valence-corrected chi connectivity index (χ1v) is 14.0. The molecule has 0 bridgehead atoms. The summed E-state index contributed by atoms with van der Waals surface area (Å²) in [6.45, 7) is -0.963. The Morgan fingerprint density at radius 3 is 2.49 bits per heavy atom. The number of hydrogen-bond donors (Lipinski definition) is 1. The lowest BCUT2D eigenvalue weighted by atomic mass is 10.0. The van der Waals surface area contributed by atoms with Crippen molar-refractivity contribution in [3.8, 4) is 5.69 Å². The molecular formula is C30H24ClF3N8O3. The van der Waals surface area contributed by atoms with Crippen molar-refractivity contribution in [3.63, 3.8) is 0 Å². The van der Waals surface area contributed by atoms with Gasteiger partial charge in [0.05, 0.1) is 23.1 Å². The Labute approximate surface area is 258 Å². The number of anilines is 2. The summed E-state index contributed by atoms with van der Waals surface area (Å²) in [5.74, 6) is -1.62. The van der Waals surface area contributed by atoms with Crippen molar-refractivity contribution >= 4 is 51.6 Å². The number of alkyl halides is 3. The number of carbonyl (C=O) groups is 3. The van der Waals surface area contributed by atoms with Crippen LogP contribution in [0.4, 0.5) is 24.5 Å². The van der Waals surface area contributed by atoms with Gasteiger partial charge in [-0.1, -0.05) is 47.1 Å². The van der Waals surface area contributed by atoms with Crippen LogP contribution in [0.15, 0.2) is 79.1 Å². The average Bonchev–Trinajstić information content (AvgIpc) is 3.64. The summed E-state index contributed by atoms with van der Waals surface area (Å²) in [7, 11) is 1.79. The molecule has 45 heavy (non-hydrogen) atoms. The van der Waals surface area contributed by atoms with Crippen molar-refractivity contribution in [3.05, 3.63) is 95.4 Å². The predicted octanol–water partition coefficient (Wildman–Crippen LogP) is 4.25. The number of carbonyl (C=O) groups excluding carboxylic acids is 3. The SMILES string of the molecule is Cn1cc2cc(NC(=O)C(Cc3ccccc3)N3CC(=O)N(c4cc(Cl)ccc4-n4cc(C(F)(F)F)nn4)CC3=O)ccc2n1. The molecule has 5 aromatic rings. The van der Waals surface area contributed by atoms with E-state index in [1.54, 1.807) is 48.3 Å². The maximum absolute atomic E-state index is 13.7. The van der Waals surface area contributed by atoms with E-state index in [1.165, 1.54) is 23.1 Å². The molecule has 0 radical (unpaired) electrons. The highest BCUT2D eigenvalue weighted by Crippen LogP contribution is 2.32. The van der Waals surface area contributed by atoms with Gasteiger partial charge in [0, 0.05) is 35.8 Å². The van der Waals surface area contributed by atoms with E-state index in [0.717, 1.165) is 26.0 Å². The molecule has 2 aromatic heterocycles. The first-order chi connectivity index (χ1) is 21.5. The molecule has 230 valence electrons. The predicted molar refractivity (Wildman–Crippen MR) is 159 cm³/mol. The maximum Gasteiger partial charge on any atom is 0.436 e. The van der Waals surface area contributed by atoms with Crippen molar-refractivity contribution in [1.82, 2.24) is 29.7 Å². The van der Waals surface area contributed by atoms with Gasteiger partial charge in [0.25, 0.3) is 0 Å². The Balaban J connectivity index is 1.29. The fourth-order valence-corrected chi connectivity index (χ4v) is 5.36. The summed E-state index contributed by atoms with van der Waals surface area (Å²) < 4.78 is 42.1. The molecule has 3 heterocycles. The lowest BCUT2D eigenvalue weighted by Gasteiger charge is -2.38. The van der Waals surface area contributed by atoms with Gasteiger partial charge in [-0.25, -0.2) is 4.68 Å². The second kappa shape index (κ2) is 11.7. The van der Waals surface area contributed by atoms with Crippen LogP contribution in [0.25, 0.3) is 16.6 Å². The Morgan fingerprint density at radius 2 is 1.76 bits per heavy atom. The Kier molecular flexibility index (Phi) is 7.74. The third kappa shape index (κ3) is 6.22. The van der Waals surface area contributed by atoms with Crippen molar-refractivity contribution < 1.29 is 27.6 Å². The summed E-state index contributed by atoms with van der Waals surface area (Å²) in [5.41, 5.74) is 0.897. The highest BCUT2D eigenvalue weighted by molar-refractivity contribution is 6.31. The fraction of sp³-hybridized carbons (Fsp3) is 0.200. The Morgan fingerprint density at radius 1 is 0.978 bits per heavy atom. The van der Waals surface area contributed by atoms with Crippen LogP contribution in [-0.4, -0.2) is 66.5 Å². The molecule has 1 unspecified atom stereocenters. The molecular weight excluding hydrogens is 613 g/mol. The minimum atomic E-state index is -4.74. The third-order valence-corrected chi connectivity index (χ3v) is 7.55. The van der Waals surface area contributed by atoms with E-state index in [9.17, 15) is 27.6 Å². The van der Waals surface area contributed by atoms with Gasteiger partial charge in [0.2, 0.25) is 17.7 Å². The van der Waals surface area contributed by atoms with E-state index in [4.69, 9.17) is 11.6 Å². The number of aryl methyl sites for hydroxylation is 1. The lowest BCUT2D eigenvalue weighted by molar-refractivity contribution is -0.143. The molecule has 0 spiro atoms. The van der Waals surface area contributed by atoms with E-state index < -0.39 is 48.7 Å². The van der Waals surface area contributed by atoms with E-state index in [0.29, 0.717) is 11.9 Å². The van der Waals surface area contributed by atoms with Crippen molar-refractivity contribution in [2.24, 2.45) is 7.05 Å². The van der Waals surface area contributed by atoms with Crippen LogP contribution in [0.1, 0.15) is 11.3 Å². The fourth-order valence-electron chi connectivity index (χ4n) is 5.19. The molecule has 1 aliphatic heterocycles. The molecule has 3 aromatic carbocycles. The van der Waals surface area contributed by atoms with Gasteiger partial charge >= 0.3 is 6.18 Å². The summed E-state index contributed by atoms with van der Waals surface area (Å²) in [6.07, 6.45) is -2.12.